The highest BCUT2D eigenvalue weighted by molar-refractivity contribution is 6.19. The van der Waals surface area contributed by atoms with Crippen molar-refractivity contribution < 1.29 is 113 Å². The molecule has 3 amide bonds. The van der Waals surface area contributed by atoms with Crippen molar-refractivity contribution in [1.29, 1.82) is 0 Å². The van der Waals surface area contributed by atoms with Gasteiger partial charge in [0.2, 0.25) is 46.9 Å². The molecule has 0 saturated carbocycles. The minimum atomic E-state index is -1.14. The Bertz CT molecular complexity index is 4940. The van der Waals surface area contributed by atoms with E-state index < -0.39 is 61.5 Å². The molecule has 9 aromatic rings. The van der Waals surface area contributed by atoms with Gasteiger partial charge in [0.05, 0.1) is 118 Å². The number of furan rings is 3. The molecule has 4 aromatic carbocycles. The van der Waals surface area contributed by atoms with Crippen LogP contribution >= 0.6 is 0 Å². The van der Waals surface area contributed by atoms with Gasteiger partial charge in [-0.25, -0.2) is 28.7 Å². The number of hydrogen-bond donors (Lipinski definition) is 6. The highest BCUT2D eigenvalue weighted by Gasteiger charge is 2.31. The highest BCUT2D eigenvalue weighted by Crippen LogP contribution is 2.47. The maximum absolute atomic E-state index is 14.2. The molecular formula is C78H72F3N7O21. The van der Waals surface area contributed by atoms with E-state index in [9.17, 15) is 41.9 Å². The summed E-state index contributed by atoms with van der Waals surface area (Å²) >= 11 is 0. The van der Waals surface area contributed by atoms with Crippen LogP contribution in [0.25, 0.3) is 29.0 Å². The summed E-state index contributed by atoms with van der Waals surface area (Å²) in [7, 11) is 8.55. The van der Waals surface area contributed by atoms with Crippen LogP contribution in [0.3, 0.4) is 0 Å². The summed E-state index contributed by atoms with van der Waals surface area (Å²) < 4.78 is 106. The van der Waals surface area contributed by atoms with Gasteiger partial charge in [-0.15, -0.1) is 0 Å². The molecule has 2 aliphatic heterocycles. The summed E-state index contributed by atoms with van der Waals surface area (Å²) in [6.07, 6.45) is 11.3. The number of methoxy groups -OCH3 is 6. The van der Waals surface area contributed by atoms with Gasteiger partial charge in [-0.3, -0.25) is 24.4 Å². The van der Waals surface area contributed by atoms with Gasteiger partial charge in [0.25, 0.3) is 0 Å². The minimum Gasteiger partial charge on any atom is -0.493 e. The standard InChI is InChI=1S/C27H25FN2O7.C26H23FN2O7.C25H24FN3O7/c1-15-18(7-16-8-22(34-2)27(23(9-16)35-3)37-14-26(32)33)20-10-24(28)29-13-21(20)19(15)11-25(31)30-12-17-5-4-6-36-17;1-33-22-9-15(10-23(34-2)26(22)36-14-25(31)32)8-20-18-6-5-16(27)11-19(18)21(29-20)12-24(30)28-13-17-4-3-7-35-17;1-33-20-7-14(8-21(34-2)25(20)36-13-24(31)32)6-18-17-12-27-22(26)9-16(17)19(29-18)10-23(30)28-11-15-4-3-5-35-15/h4-10,13H,11-12,14H2,1-3H3,(H,30,31)(H,32,33);3-11H,12-14H2,1-2H3,(H,28,30)(H,31,32);3-5,7-9,12,19H,6,10-11,13H2,1-2H3,(H,28,30)(H,31,32)/b18-7-;20-8+;. The van der Waals surface area contributed by atoms with Crippen molar-refractivity contribution in [1.82, 2.24) is 25.9 Å². The number of carboxylic acid groups (broad SMARTS) is 3. The number of allylic oxidation sites excluding steroid dienone is 2. The topological polar surface area (TPSA) is 372 Å². The molecule has 3 aliphatic rings. The number of aliphatic carboxylic acids is 3. The summed E-state index contributed by atoms with van der Waals surface area (Å²) in [4.78, 5) is 87.5. The lowest BCUT2D eigenvalue weighted by Gasteiger charge is -2.15. The van der Waals surface area contributed by atoms with E-state index >= 15 is 0 Å². The van der Waals surface area contributed by atoms with E-state index in [1.165, 1.54) is 98.1 Å². The molecule has 7 heterocycles. The van der Waals surface area contributed by atoms with Crippen molar-refractivity contribution in [3.63, 3.8) is 0 Å². The number of fused-ring (bicyclic) bond motifs is 3. The van der Waals surface area contributed by atoms with Crippen molar-refractivity contribution >= 4 is 76.0 Å². The zero-order valence-electron chi connectivity index (χ0n) is 59.6. The number of nitrogens with one attached hydrogen (secondary N) is 3. The number of rotatable bonds is 31. The van der Waals surface area contributed by atoms with Gasteiger partial charge in [-0.05, 0) is 161 Å². The first kappa shape index (κ1) is 78.0. The van der Waals surface area contributed by atoms with Gasteiger partial charge >= 0.3 is 17.9 Å². The van der Waals surface area contributed by atoms with Gasteiger partial charge in [0.1, 0.15) is 23.1 Å². The van der Waals surface area contributed by atoms with E-state index in [1.807, 2.05) is 13.0 Å². The smallest absolute Gasteiger partial charge is 0.341 e. The van der Waals surface area contributed by atoms with Crippen LogP contribution < -0.4 is 58.6 Å². The molecule has 0 radical (unpaired) electrons. The lowest BCUT2D eigenvalue weighted by atomic mass is 9.98. The van der Waals surface area contributed by atoms with E-state index in [1.54, 1.807) is 84.9 Å². The Labute approximate surface area is 620 Å². The number of halogens is 3. The van der Waals surface area contributed by atoms with Crippen LogP contribution in [-0.2, 0) is 54.8 Å². The summed E-state index contributed by atoms with van der Waals surface area (Å²) in [5, 5.41) is 35.2. The van der Waals surface area contributed by atoms with Crippen molar-refractivity contribution in [2.24, 2.45) is 9.98 Å². The molecule has 31 heteroatoms. The van der Waals surface area contributed by atoms with E-state index in [0.29, 0.717) is 90.9 Å². The SMILES string of the molecule is COc1cc(/C=C2/C(C)=C(CC(=O)NCc3ccco3)c3cnc(F)cc32)cc(OC)c1OCC(=O)O.COc1cc(/C=C2/N=C(CC(=O)NCc3ccco3)c3cc(F)ccc32)cc(OC)c1OCC(=O)O.COc1cc(CC2=NC(CC(=O)NCc3ccco3)c3cc(F)ncc32)cc(OC)c1OCC(=O)O. The van der Waals surface area contributed by atoms with Crippen LogP contribution in [0.4, 0.5) is 13.2 Å². The molecule has 5 aromatic heterocycles. The van der Waals surface area contributed by atoms with Gasteiger partial charge < -0.3 is 87.2 Å². The first-order valence-corrected chi connectivity index (χ1v) is 33.1. The second-order valence-corrected chi connectivity index (χ2v) is 23.9. The summed E-state index contributed by atoms with van der Waals surface area (Å²) in [5.74, 6) is -1.96. The second-order valence-electron chi connectivity index (χ2n) is 23.9. The fourth-order valence-corrected chi connectivity index (χ4v) is 11.8. The van der Waals surface area contributed by atoms with Crippen molar-refractivity contribution in [2.45, 2.75) is 58.3 Å². The van der Waals surface area contributed by atoms with Gasteiger partial charge in [0, 0.05) is 52.8 Å². The molecule has 0 fully saturated rings. The zero-order chi connectivity index (χ0) is 77.8. The van der Waals surface area contributed by atoms with Crippen molar-refractivity contribution in [3.05, 3.63) is 225 Å². The van der Waals surface area contributed by atoms with Gasteiger partial charge in [-0.2, -0.15) is 8.78 Å². The van der Waals surface area contributed by atoms with Crippen LogP contribution in [0.2, 0.25) is 0 Å². The molecule has 1 aliphatic carbocycles. The Kier molecular flexibility index (Phi) is 26.0. The van der Waals surface area contributed by atoms with E-state index in [0.717, 1.165) is 16.7 Å². The molecule has 1 unspecified atom stereocenters. The maximum Gasteiger partial charge on any atom is 0.341 e. The monoisotopic (exact) mass is 1500 g/mol. The number of pyridine rings is 2. The third-order valence-electron chi connectivity index (χ3n) is 16.7. The molecule has 109 heavy (non-hydrogen) atoms. The first-order chi connectivity index (χ1) is 52.5. The van der Waals surface area contributed by atoms with Crippen LogP contribution in [0.1, 0.15) is 99.6 Å². The maximum atomic E-state index is 14.2. The molecule has 12 rings (SSSR count). The highest BCUT2D eigenvalue weighted by atomic mass is 19.1. The third kappa shape index (κ3) is 20.1. The molecule has 0 spiro atoms. The van der Waals surface area contributed by atoms with E-state index in [-0.39, 0.29) is 108 Å². The molecular weight excluding hydrogens is 1430 g/mol. The predicted molar refractivity (Wildman–Crippen MR) is 386 cm³/mol. The predicted octanol–water partition coefficient (Wildman–Crippen LogP) is 11.3. The molecule has 6 N–H and O–H groups in total. The number of aliphatic imine (C=N–C) groups is 2. The van der Waals surface area contributed by atoms with Crippen molar-refractivity contribution in [3.8, 4) is 51.7 Å². The Morgan fingerprint density at radius 3 is 1.41 bits per heavy atom. The zero-order valence-corrected chi connectivity index (χ0v) is 59.6. The number of amides is 3. The van der Waals surface area contributed by atoms with Gasteiger partial charge in [0.15, 0.2) is 54.3 Å². The first-order valence-electron chi connectivity index (χ1n) is 33.1. The number of benzene rings is 4. The Morgan fingerprint density at radius 1 is 0.495 bits per heavy atom. The molecule has 0 saturated heterocycles. The lowest BCUT2D eigenvalue weighted by molar-refractivity contribution is -0.140. The molecule has 566 valence electrons. The quantitative estimate of drug-likeness (QED) is 0.0220. The van der Waals surface area contributed by atoms with E-state index in [4.69, 9.17) is 76.2 Å². The normalized spacial score (nSPS) is 13.6. The van der Waals surface area contributed by atoms with E-state index in [2.05, 4.69) is 30.9 Å². The summed E-state index contributed by atoms with van der Waals surface area (Å²) in [6.45, 7) is 0.883. The van der Waals surface area contributed by atoms with Crippen LogP contribution in [0.5, 0.6) is 51.7 Å². The number of carbonyl (C=O) groups excluding carboxylic acids is 3. The van der Waals surface area contributed by atoms with Gasteiger partial charge in [-0.1, -0.05) is 0 Å². The van der Waals surface area contributed by atoms with Crippen LogP contribution in [0, 0.1) is 17.7 Å². The summed E-state index contributed by atoms with van der Waals surface area (Å²) in [5.41, 5.74) is 9.42. The fraction of sp³-hybridized carbons (Fsp3) is 0.231. The Balaban J connectivity index is 0.000000174. The molecule has 28 nitrogen and oxygen atoms in total. The summed E-state index contributed by atoms with van der Waals surface area (Å²) in [6, 6.07) is 26.8. The number of nitrogens with zero attached hydrogens (tertiary/aromatic N) is 4. The molecule has 0 bridgehead atoms. The van der Waals surface area contributed by atoms with Crippen LogP contribution in [0.15, 0.2) is 163 Å². The Morgan fingerprint density at radius 2 is 0.945 bits per heavy atom. The second kappa shape index (κ2) is 36.4. The average molecular weight is 1500 g/mol. The number of carboxylic acids is 3. The lowest BCUT2D eigenvalue weighted by Crippen LogP contribution is -2.25. The number of ether oxygens (including phenoxy) is 9. The minimum absolute atomic E-state index is 0.0231. The number of aromatic nitrogens is 2. The third-order valence-corrected chi connectivity index (χ3v) is 16.7. The van der Waals surface area contributed by atoms with Crippen molar-refractivity contribution in [2.75, 3.05) is 62.5 Å². The largest absolute Gasteiger partial charge is 0.493 e. The number of hydrogen-bond acceptors (Lipinski definition) is 22. The fourth-order valence-electron chi connectivity index (χ4n) is 11.8. The Hall–Kier alpha value is -13.6. The average Bonchev–Trinajstić information content (AvgIpc) is 1.64. The molecule has 1 atom stereocenters. The van der Waals surface area contributed by atoms with Crippen LogP contribution in [-0.4, -0.2) is 135 Å². The number of carbonyl (C=O) groups is 6.